The lowest BCUT2D eigenvalue weighted by molar-refractivity contribution is -0.117. The van der Waals surface area contributed by atoms with Crippen LogP contribution in [0.15, 0.2) is 28.8 Å². The molecule has 1 heterocycles. The van der Waals surface area contributed by atoms with Crippen LogP contribution in [0, 0.1) is 11.8 Å². The second kappa shape index (κ2) is 6.77. The normalized spacial score (nSPS) is 23.8. The fourth-order valence-electron chi connectivity index (χ4n) is 3.39. The minimum Gasteiger partial charge on any atom is -0.334 e. The number of anilines is 1. The summed E-state index contributed by atoms with van der Waals surface area (Å²) in [4.78, 5) is 16.4. The zero-order valence-corrected chi connectivity index (χ0v) is 15.0. The Kier molecular flexibility index (Phi) is 4.84. The quantitative estimate of drug-likeness (QED) is 0.868. The van der Waals surface area contributed by atoms with Crippen LogP contribution in [0.4, 0.5) is 5.69 Å². The monoisotopic (exact) mass is 362 g/mol. The van der Waals surface area contributed by atoms with Gasteiger partial charge < -0.3 is 15.6 Å². The first kappa shape index (κ1) is 17.9. The molecule has 2 unspecified atom stereocenters. The Bertz CT molecular complexity index is 753. The van der Waals surface area contributed by atoms with Crippen molar-refractivity contribution in [2.45, 2.75) is 44.6 Å². The first-order valence-corrected chi connectivity index (χ1v) is 8.59. The van der Waals surface area contributed by atoms with E-state index in [9.17, 15) is 4.79 Å². The van der Waals surface area contributed by atoms with Gasteiger partial charge in [-0.05, 0) is 49.4 Å². The molecule has 6 nitrogen and oxygen atoms in total. The second-order valence-corrected chi connectivity index (χ2v) is 7.17. The van der Waals surface area contributed by atoms with E-state index >= 15 is 0 Å². The number of nitrogens with one attached hydrogen (secondary N) is 1. The van der Waals surface area contributed by atoms with Gasteiger partial charge in [-0.3, -0.25) is 4.79 Å². The standard InChI is InChI=1S/C18H22N4O2.ClH/c1-11-10-14(11)15(23)20-13-6-4-12(5-7-13)16-21-17(22-24-16)18(19)8-2-3-9-18;/h4-7,11,14H,2-3,8-10,19H2,1H3,(H,20,23);1H. The number of hydrogen-bond acceptors (Lipinski definition) is 5. The molecule has 0 saturated heterocycles. The molecule has 2 aliphatic rings. The average Bonchev–Trinajstić information content (AvgIpc) is 2.98. The van der Waals surface area contributed by atoms with Gasteiger partial charge >= 0.3 is 0 Å². The third-order valence-electron chi connectivity index (χ3n) is 5.21. The highest BCUT2D eigenvalue weighted by molar-refractivity contribution is 5.94. The van der Waals surface area contributed by atoms with Gasteiger partial charge in [0.05, 0.1) is 5.54 Å². The van der Waals surface area contributed by atoms with Gasteiger partial charge in [-0.1, -0.05) is 24.9 Å². The van der Waals surface area contributed by atoms with E-state index in [2.05, 4.69) is 22.4 Å². The van der Waals surface area contributed by atoms with Gasteiger partial charge in [0.25, 0.3) is 5.89 Å². The zero-order chi connectivity index (χ0) is 16.7. The fourth-order valence-corrected chi connectivity index (χ4v) is 3.39. The average molecular weight is 363 g/mol. The molecule has 7 heteroatoms. The third kappa shape index (κ3) is 3.55. The summed E-state index contributed by atoms with van der Waals surface area (Å²) >= 11 is 0. The first-order valence-electron chi connectivity index (χ1n) is 8.59. The summed E-state index contributed by atoms with van der Waals surface area (Å²) in [7, 11) is 0. The Morgan fingerprint density at radius 3 is 2.52 bits per heavy atom. The second-order valence-electron chi connectivity index (χ2n) is 7.17. The minimum atomic E-state index is -0.448. The number of nitrogens with two attached hydrogens (primary N) is 1. The Labute approximate surface area is 153 Å². The van der Waals surface area contributed by atoms with Crippen LogP contribution in [0.2, 0.25) is 0 Å². The van der Waals surface area contributed by atoms with Crippen molar-refractivity contribution < 1.29 is 9.32 Å². The molecule has 1 amide bonds. The van der Waals surface area contributed by atoms with E-state index in [1.807, 2.05) is 24.3 Å². The number of nitrogens with zero attached hydrogens (tertiary/aromatic N) is 2. The molecule has 2 aromatic rings. The van der Waals surface area contributed by atoms with Gasteiger partial charge in [-0.25, -0.2) is 0 Å². The van der Waals surface area contributed by atoms with Gasteiger partial charge in [0, 0.05) is 17.2 Å². The van der Waals surface area contributed by atoms with Crippen LogP contribution in [0.25, 0.3) is 11.5 Å². The summed E-state index contributed by atoms with van der Waals surface area (Å²) in [6, 6.07) is 7.47. The topological polar surface area (TPSA) is 94.0 Å². The van der Waals surface area contributed by atoms with E-state index in [-0.39, 0.29) is 24.2 Å². The zero-order valence-electron chi connectivity index (χ0n) is 14.2. The largest absolute Gasteiger partial charge is 0.334 e. The predicted octanol–water partition coefficient (Wildman–Crippen LogP) is 3.48. The van der Waals surface area contributed by atoms with Gasteiger partial charge in [-0.15, -0.1) is 12.4 Å². The van der Waals surface area contributed by atoms with Gasteiger partial charge in [-0.2, -0.15) is 4.98 Å². The molecule has 1 aromatic carbocycles. The van der Waals surface area contributed by atoms with Gasteiger partial charge in [0.15, 0.2) is 5.82 Å². The van der Waals surface area contributed by atoms with Crippen molar-refractivity contribution >= 4 is 24.0 Å². The van der Waals surface area contributed by atoms with Crippen molar-refractivity contribution in [3.05, 3.63) is 30.1 Å². The number of hydrogen-bond donors (Lipinski definition) is 2. The molecule has 0 aliphatic heterocycles. The molecule has 1 aromatic heterocycles. The van der Waals surface area contributed by atoms with Crippen LogP contribution in [-0.4, -0.2) is 16.0 Å². The molecule has 134 valence electrons. The molecule has 2 atom stereocenters. The van der Waals surface area contributed by atoms with Crippen LogP contribution < -0.4 is 11.1 Å². The van der Waals surface area contributed by atoms with Crippen LogP contribution in [0.3, 0.4) is 0 Å². The highest BCUT2D eigenvalue weighted by atomic mass is 35.5. The maximum absolute atomic E-state index is 12.0. The van der Waals surface area contributed by atoms with E-state index < -0.39 is 5.54 Å². The highest BCUT2D eigenvalue weighted by Crippen LogP contribution is 2.38. The summed E-state index contributed by atoms with van der Waals surface area (Å²) < 4.78 is 5.38. The predicted molar refractivity (Wildman–Crippen MR) is 97.2 cm³/mol. The Morgan fingerprint density at radius 2 is 1.92 bits per heavy atom. The van der Waals surface area contributed by atoms with Crippen LogP contribution in [0.5, 0.6) is 0 Å². The summed E-state index contributed by atoms with van der Waals surface area (Å²) in [6.07, 6.45) is 4.99. The number of rotatable bonds is 4. The van der Waals surface area contributed by atoms with Gasteiger partial charge in [0.1, 0.15) is 0 Å². The Morgan fingerprint density at radius 1 is 1.28 bits per heavy atom. The first-order chi connectivity index (χ1) is 11.5. The number of carbonyl (C=O) groups is 1. The lowest BCUT2D eigenvalue weighted by Crippen LogP contribution is -2.34. The molecule has 0 spiro atoms. The third-order valence-corrected chi connectivity index (χ3v) is 5.21. The maximum atomic E-state index is 12.0. The summed E-state index contributed by atoms with van der Waals surface area (Å²) in [5, 5.41) is 7.02. The number of halogens is 1. The number of benzene rings is 1. The van der Waals surface area contributed by atoms with E-state index in [1.165, 1.54) is 0 Å². The van der Waals surface area contributed by atoms with E-state index in [1.54, 1.807) is 0 Å². The number of carbonyl (C=O) groups excluding carboxylic acids is 1. The summed E-state index contributed by atoms with van der Waals surface area (Å²) in [5.41, 5.74) is 7.53. The molecule has 4 rings (SSSR count). The van der Waals surface area contributed by atoms with E-state index in [0.29, 0.717) is 17.6 Å². The van der Waals surface area contributed by atoms with Crippen LogP contribution in [-0.2, 0) is 10.3 Å². The van der Waals surface area contributed by atoms with Crippen LogP contribution >= 0.6 is 12.4 Å². The number of amides is 1. The lowest BCUT2D eigenvalue weighted by Gasteiger charge is -2.17. The van der Waals surface area contributed by atoms with E-state index in [0.717, 1.165) is 43.4 Å². The molecule has 2 saturated carbocycles. The molecule has 2 aliphatic carbocycles. The van der Waals surface area contributed by atoms with Crippen molar-refractivity contribution in [2.24, 2.45) is 17.6 Å². The Balaban J connectivity index is 0.00000182. The molecule has 0 bridgehead atoms. The fraction of sp³-hybridized carbons (Fsp3) is 0.500. The van der Waals surface area contributed by atoms with Gasteiger partial charge in [0.2, 0.25) is 5.91 Å². The minimum absolute atomic E-state index is 0. The van der Waals surface area contributed by atoms with Crippen molar-refractivity contribution in [1.82, 2.24) is 10.1 Å². The highest BCUT2D eigenvalue weighted by Gasteiger charge is 2.39. The molecule has 2 fully saturated rings. The molecule has 0 radical (unpaired) electrons. The molecular formula is C18H23ClN4O2. The summed E-state index contributed by atoms with van der Waals surface area (Å²) in [6.45, 7) is 2.09. The SMILES string of the molecule is CC1CC1C(=O)Nc1ccc(-c2nc(C3(N)CCCC3)no2)cc1.Cl. The molecular weight excluding hydrogens is 340 g/mol. The number of aromatic nitrogens is 2. The maximum Gasteiger partial charge on any atom is 0.257 e. The lowest BCUT2D eigenvalue weighted by atomic mass is 9.99. The smallest absolute Gasteiger partial charge is 0.257 e. The molecule has 3 N–H and O–H groups in total. The summed E-state index contributed by atoms with van der Waals surface area (Å²) in [5.74, 6) is 1.82. The van der Waals surface area contributed by atoms with Crippen LogP contribution in [0.1, 0.15) is 44.9 Å². The van der Waals surface area contributed by atoms with E-state index in [4.69, 9.17) is 10.3 Å². The van der Waals surface area contributed by atoms with Crippen molar-refractivity contribution in [3.8, 4) is 11.5 Å². The van der Waals surface area contributed by atoms with Crippen molar-refractivity contribution in [3.63, 3.8) is 0 Å². The Hall–Kier alpha value is -1.92. The molecule has 25 heavy (non-hydrogen) atoms. The van der Waals surface area contributed by atoms with Crippen molar-refractivity contribution in [2.75, 3.05) is 5.32 Å². The van der Waals surface area contributed by atoms with Crippen molar-refractivity contribution in [1.29, 1.82) is 0 Å².